The summed E-state index contributed by atoms with van der Waals surface area (Å²) in [7, 11) is 0. The highest BCUT2D eigenvalue weighted by Crippen LogP contribution is 2.58. The Morgan fingerprint density at radius 1 is 0.947 bits per heavy atom. The Labute approximate surface area is 113 Å². The Morgan fingerprint density at radius 3 is 2.26 bits per heavy atom. The van der Waals surface area contributed by atoms with Crippen LogP contribution < -0.4 is 0 Å². The lowest BCUT2D eigenvalue weighted by molar-refractivity contribution is -0.280. The summed E-state index contributed by atoms with van der Waals surface area (Å²) in [5.41, 5.74) is 0.364. The van der Waals surface area contributed by atoms with Crippen LogP contribution in [0.1, 0.15) is 31.2 Å². The second-order valence-corrected chi connectivity index (χ2v) is 6.18. The molecule has 1 heterocycles. The molecule has 3 heteroatoms. The summed E-state index contributed by atoms with van der Waals surface area (Å²) in [6, 6.07) is 10.1. The highest BCUT2D eigenvalue weighted by molar-refractivity contribution is 5.26. The van der Waals surface area contributed by atoms with E-state index in [1.807, 2.05) is 30.3 Å². The molecule has 1 spiro atoms. The maximum atomic E-state index is 11.2. The van der Waals surface area contributed by atoms with Crippen molar-refractivity contribution in [2.45, 2.75) is 37.1 Å². The van der Waals surface area contributed by atoms with Crippen molar-refractivity contribution in [3.8, 4) is 0 Å². The molecule has 5 rings (SSSR count). The minimum atomic E-state index is -0.690. The van der Waals surface area contributed by atoms with E-state index >= 15 is 0 Å². The number of hydrogen-bond donors (Lipinski definition) is 1. The van der Waals surface area contributed by atoms with Gasteiger partial charge in [-0.3, -0.25) is 0 Å². The second kappa shape index (κ2) is 4.05. The fourth-order valence-electron chi connectivity index (χ4n) is 4.35. The Hall–Kier alpha value is -0.900. The quantitative estimate of drug-likeness (QED) is 0.843. The lowest BCUT2D eigenvalue weighted by atomic mass is 9.57. The van der Waals surface area contributed by atoms with Gasteiger partial charge in [-0.25, -0.2) is 0 Å². The first-order valence-corrected chi connectivity index (χ1v) is 7.29. The summed E-state index contributed by atoms with van der Waals surface area (Å²) in [5.74, 6) is 0.187. The summed E-state index contributed by atoms with van der Waals surface area (Å²) >= 11 is 0. The van der Waals surface area contributed by atoms with Gasteiger partial charge in [-0.15, -0.1) is 0 Å². The van der Waals surface area contributed by atoms with Gasteiger partial charge in [0.2, 0.25) is 0 Å². The average molecular weight is 260 g/mol. The summed E-state index contributed by atoms with van der Waals surface area (Å²) in [6.45, 7) is 1.40. The van der Waals surface area contributed by atoms with E-state index in [0.29, 0.717) is 19.1 Å². The average Bonchev–Trinajstić information content (AvgIpc) is 2.90. The van der Waals surface area contributed by atoms with Gasteiger partial charge in [0.1, 0.15) is 0 Å². The van der Waals surface area contributed by atoms with Crippen molar-refractivity contribution in [2.75, 3.05) is 13.2 Å². The summed E-state index contributed by atoms with van der Waals surface area (Å²) in [4.78, 5) is 0. The molecule has 3 atom stereocenters. The molecule has 4 aliphatic rings. The molecule has 3 nitrogen and oxygen atoms in total. The molecule has 2 bridgehead atoms. The van der Waals surface area contributed by atoms with Crippen molar-refractivity contribution in [3.05, 3.63) is 35.9 Å². The molecule has 19 heavy (non-hydrogen) atoms. The molecule has 4 fully saturated rings. The molecule has 0 amide bonds. The molecule has 0 aromatic heterocycles. The van der Waals surface area contributed by atoms with Crippen molar-refractivity contribution >= 4 is 0 Å². The van der Waals surface area contributed by atoms with Crippen molar-refractivity contribution in [1.82, 2.24) is 0 Å². The van der Waals surface area contributed by atoms with E-state index in [1.54, 1.807) is 0 Å². The molecule has 0 radical (unpaired) electrons. The van der Waals surface area contributed by atoms with Gasteiger partial charge in [0, 0.05) is 12.3 Å². The highest BCUT2D eigenvalue weighted by Gasteiger charge is 2.60. The minimum absolute atomic E-state index is 0.248. The largest absolute Gasteiger partial charge is 0.385 e. The van der Waals surface area contributed by atoms with Crippen molar-refractivity contribution in [3.63, 3.8) is 0 Å². The first-order valence-electron chi connectivity index (χ1n) is 7.29. The van der Waals surface area contributed by atoms with Crippen molar-refractivity contribution < 1.29 is 14.6 Å². The van der Waals surface area contributed by atoms with E-state index < -0.39 is 5.60 Å². The summed E-state index contributed by atoms with van der Waals surface area (Å²) in [6.07, 6.45) is 3.79. The Morgan fingerprint density at radius 2 is 1.63 bits per heavy atom. The van der Waals surface area contributed by atoms with Gasteiger partial charge in [0.15, 0.2) is 5.79 Å². The zero-order valence-electron chi connectivity index (χ0n) is 11.0. The molecular formula is C16H20O3. The zero-order chi connectivity index (χ0) is 12.9. The predicted molar refractivity (Wildman–Crippen MR) is 70.4 cm³/mol. The van der Waals surface area contributed by atoms with Crippen LogP contribution in [0.4, 0.5) is 0 Å². The second-order valence-electron chi connectivity index (χ2n) is 6.18. The Kier molecular flexibility index (Phi) is 2.53. The van der Waals surface area contributed by atoms with Crippen LogP contribution in [0.15, 0.2) is 30.3 Å². The summed E-state index contributed by atoms with van der Waals surface area (Å²) < 4.78 is 11.8. The van der Waals surface area contributed by atoms with E-state index in [-0.39, 0.29) is 11.7 Å². The minimum Gasteiger partial charge on any atom is -0.385 e. The summed E-state index contributed by atoms with van der Waals surface area (Å²) in [5, 5.41) is 11.2. The molecule has 1 N–H and O–H groups in total. The third-order valence-electron chi connectivity index (χ3n) is 5.30. The topological polar surface area (TPSA) is 38.7 Å². The first kappa shape index (κ1) is 11.9. The van der Waals surface area contributed by atoms with Crippen LogP contribution in [0.25, 0.3) is 0 Å². The molecule has 3 aliphatic carbocycles. The third-order valence-corrected chi connectivity index (χ3v) is 5.30. The van der Waals surface area contributed by atoms with E-state index in [1.165, 1.54) is 0 Å². The maximum Gasteiger partial charge on any atom is 0.171 e. The van der Waals surface area contributed by atoms with Crippen LogP contribution in [-0.4, -0.2) is 24.1 Å². The van der Waals surface area contributed by atoms with E-state index in [0.717, 1.165) is 31.2 Å². The Bertz CT molecular complexity index is 466. The molecule has 1 aromatic rings. The van der Waals surface area contributed by atoms with Gasteiger partial charge in [-0.05, 0) is 30.7 Å². The number of aliphatic hydroxyl groups is 1. The normalized spacial score (nSPS) is 39.8. The molecule has 102 valence electrons. The zero-order valence-corrected chi connectivity index (χ0v) is 11.0. The van der Waals surface area contributed by atoms with Crippen LogP contribution >= 0.6 is 0 Å². The molecular weight excluding hydrogens is 240 g/mol. The third kappa shape index (κ3) is 1.62. The van der Waals surface area contributed by atoms with Crippen LogP contribution in [0.5, 0.6) is 0 Å². The van der Waals surface area contributed by atoms with Crippen LogP contribution in [0.2, 0.25) is 0 Å². The molecule has 0 unspecified atom stereocenters. The number of fused-ring (bicyclic) bond motifs is 2. The molecule has 1 saturated heterocycles. The van der Waals surface area contributed by atoms with E-state index in [2.05, 4.69) is 0 Å². The van der Waals surface area contributed by atoms with Gasteiger partial charge in [-0.1, -0.05) is 30.3 Å². The van der Waals surface area contributed by atoms with Gasteiger partial charge < -0.3 is 14.6 Å². The number of hydrogen-bond acceptors (Lipinski definition) is 3. The lowest BCUT2D eigenvalue weighted by Crippen LogP contribution is -2.57. The lowest BCUT2D eigenvalue weighted by Gasteiger charge is -2.55. The van der Waals surface area contributed by atoms with Crippen LogP contribution in [0, 0.1) is 11.8 Å². The monoisotopic (exact) mass is 260 g/mol. The van der Waals surface area contributed by atoms with Crippen LogP contribution in [0.3, 0.4) is 0 Å². The van der Waals surface area contributed by atoms with Crippen molar-refractivity contribution in [2.24, 2.45) is 11.8 Å². The smallest absolute Gasteiger partial charge is 0.171 e. The van der Waals surface area contributed by atoms with E-state index in [4.69, 9.17) is 9.47 Å². The molecule has 1 aliphatic heterocycles. The fraction of sp³-hybridized carbons (Fsp3) is 0.625. The van der Waals surface area contributed by atoms with Gasteiger partial charge in [0.25, 0.3) is 0 Å². The number of benzene rings is 1. The van der Waals surface area contributed by atoms with Gasteiger partial charge >= 0.3 is 0 Å². The highest BCUT2D eigenvalue weighted by atomic mass is 16.7. The Balaban J connectivity index is 1.68. The van der Waals surface area contributed by atoms with Crippen molar-refractivity contribution in [1.29, 1.82) is 0 Å². The standard InChI is InChI=1S/C16H20O3/c17-15(12-4-2-1-3-5-12)10-14-7-6-13(15)11-16(14)18-8-9-19-16/h1-5,13-14,17H,6-11H2/t13-,14-,15-/m1/s1. The number of rotatable bonds is 1. The van der Waals surface area contributed by atoms with Gasteiger partial charge in [-0.2, -0.15) is 0 Å². The first-order chi connectivity index (χ1) is 9.23. The predicted octanol–water partition coefficient (Wildman–Crippen LogP) is 2.44. The van der Waals surface area contributed by atoms with Gasteiger partial charge in [0.05, 0.1) is 18.8 Å². The number of ether oxygens (including phenoxy) is 2. The van der Waals surface area contributed by atoms with Crippen LogP contribution in [-0.2, 0) is 15.1 Å². The molecule has 1 aromatic carbocycles. The maximum absolute atomic E-state index is 11.2. The molecule has 3 saturated carbocycles. The fourth-order valence-corrected chi connectivity index (χ4v) is 4.35. The SMILES string of the molecule is O[C@@]1(c2ccccc2)C[C@H]2CC[C@@H]1CC21OCCO1. The van der Waals surface area contributed by atoms with E-state index in [9.17, 15) is 5.11 Å².